The van der Waals surface area contributed by atoms with Crippen molar-refractivity contribution in [3.05, 3.63) is 144 Å². The van der Waals surface area contributed by atoms with Gasteiger partial charge in [0.25, 0.3) is 0 Å². The van der Waals surface area contributed by atoms with Gasteiger partial charge in [0, 0.05) is 50.2 Å². The molecule has 0 aliphatic rings. The third kappa shape index (κ3) is 3.97. The molecule has 1 N–H and O–H groups in total. The van der Waals surface area contributed by atoms with Gasteiger partial charge in [0.15, 0.2) is 0 Å². The second-order valence-corrected chi connectivity index (χ2v) is 9.25. The van der Waals surface area contributed by atoms with E-state index in [-0.39, 0.29) is 0 Å². The highest BCUT2D eigenvalue weighted by atomic mass is 14.7. The lowest BCUT2D eigenvalue weighted by molar-refractivity contribution is 1.26. The van der Waals surface area contributed by atoms with E-state index in [9.17, 15) is 0 Å². The molecule has 0 atom stereocenters. The Bertz CT molecular complexity index is 2040. The smallest absolute Gasteiger partial charge is 0.0728 e. The van der Waals surface area contributed by atoms with Gasteiger partial charge in [-0.05, 0) is 46.7 Å². The fourth-order valence-electron chi connectivity index (χ4n) is 5.05. The maximum absolute atomic E-state index is 4.72. The Balaban J connectivity index is 1.37. The Morgan fingerprint density at radius 1 is 0.541 bits per heavy atom. The molecule has 7 aromatic rings. The van der Waals surface area contributed by atoms with Crippen LogP contribution in [0.2, 0.25) is 0 Å². The third-order valence-corrected chi connectivity index (χ3v) is 6.89. The van der Waals surface area contributed by atoms with Crippen LogP contribution in [0.5, 0.6) is 0 Å². The van der Waals surface area contributed by atoms with Crippen molar-refractivity contribution in [2.24, 2.45) is 0 Å². The van der Waals surface area contributed by atoms with Crippen molar-refractivity contribution in [2.75, 3.05) is 0 Å². The molecule has 3 aromatic heterocycles. The van der Waals surface area contributed by atoms with Gasteiger partial charge in [0.2, 0.25) is 0 Å². The summed E-state index contributed by atoms with van der Waals surface area (Å²) in [6.07, 6.45) is 8.18. The monoisotopic (exact) mass is 473 g/mol. The van der Waals surface area contributed by atoms with E-state index < -0.39 is 0 Å². The average molecular weight is 474 g/mol. The molecule has 0 bridgehead atoms. The van der Waals surface area contributed by atoms with Gasteiger partial charge in [-0.1, -0.05) is 91.0 Å². The first-order chi connectivity index (χ1) is 18.3. The van der Waals surface area contributed by atoms with E-state index in [4.69, 9.17) is 4.98 Å². The van der Waals surface area contributed by atoms with Crippen LogP contribution in [-0.4, -0.2) is 15.0 Å². The summed E-state index contributed by atoms with van der Waals surface area (Å²) in [5.74, 6) is 0. The van der Waals surface area contributed by atoms with E-state index in [1.54, 1.807) is 0 Å². The van der Waals surface area contributed by atoms with Gasteiger partial charge in [-0.25, -0.2) is 0 Å². The Morgan fingerprint density at radius 2 is 1.24 bits per heavy atom. The lowest BCUT2D eigenvalue weighted by Crippen LogP contribution is -2.10. The number of pyridine rings is 2. The zero-order valence-electron chi connectivity index (χ0n) is 20.1. The van der Waals surface area contributed by atoms with Gasteiger partial charge in [0.1, 0.15) is 0 Å². The molecule has 0 aliphatic heterocycles. The van der Waals surface area contributed by atoms with Crippen LogP contribution in [0.15, 0.2) is 122 Å². The number of aromatic amines is 1. The maximum atomic E-state index is 4.72. The lowest BCUT2D eigenvalue weighted by atomic mass is 10.0. The number of hydrogen-bond donors (Lipinski definition) is 1. The van der Waals surface area contributed by atoms with E-state index in [0.717, 1.165) is 44.0 Å². The first-order valence-electron chi connectivity index (χ1n) is 12.4. The SMILES string of the molecule is C(c1cccc(-c2cc3ccccc3cn2)c1)=c1[nH]c(=Cc2nccc3ccccc23)c2ccccc12. The van der Waals surface area contributed by atoms with Crippen LogP contribution in [0.25, 0.3) is 55.7 Å². The molecule has 0 fully saturated rings. The molecule has 3 heteroatoms. The second-order valence-electron chi connectivity index (χ2n) is 9.25. The largest absolute Gasteiger partial charge is 0.354 e. The molecule has 174 valence electrons. The Kier molecular flexibility index (Phi) is 5.11. The Labute approximate surface area is 214 Å². The number of aromatic nitrogens is 3. The van der Waals surface area contributed by atoms with Crippen LogP contribution >= 0.6 is 0 Å². The number of hydrogen-bond acceptors (Lipinski definition) is 2. The van der Waals surface area contributed by atoms with Crippen molar-refractivity contribution in [3.63, 3.8) is 0 Å². The van der Waals surface area contributed by atoms with E-state index in [1.807, 2.05) is 18.5 Å². The minimum atomic E-state index is 0.959. The first-order valence-corrected chi connectivity index (χ1v) is 12.4. The highest BCUT2D eigenvalue weighted by molar-refractivity contribution is 5.91. The predicted octanol–water partition coefficient (Wildman–Crippen LogP) is 6.59. The molecule has 0 aliphatic carbocycles. The summed E-state index contributed by atoms with van der Waals surface area (Å²) in [6, 6.07) is 37.9. The molecule has 0 amide bonds. The number of nitrogens with zero attached hydrogens (tertiary/aromatic N) is 2. The van der Waals surface area contributed by atoms with Crippen molar-refractivity contribution in [1.82, 2.24) is 15.0 Å². The minimum Gasteiger partial charge on any atom is -0.354 e. The van der Waals surface area contributed by atoms with Crippen molar-refractivity contribution in [2.45, 2.75) is 0 Å². The molecule has 0 radical (unpaired) electrons. The van der Waals surface area contributed by atoms with Gasteiger partial charge >= 0.3 is 0 Å². The van der Waals surface area contributed by atoms with Crippen LogP contribution in [0, 0.1) is 0 Å². The van der Waals surface area contributed by atoms with E-state index >= 15 is 0 Å². The topological polar surface area (TPSA) is 41.6 Å². The molecular weight excluding hydrogens is 450 g/mol. The van der Waals surface area contributed by atoms with Gasteiger partial charge in [0.05, 0.1) is 11.4 Å². The standard InChI is InChI=1S/C34H23N3/c1-2-11-27-22-36-31(20-25(27)10-1)26-12-7-8-23(18-26)19-33-29-14-5-6-15-30(29)34(37-33)21-32-28-13-4-3-9-24(28)16-17-35-32/h1-22,37H. The second kappa shape index (κ2) is 8.89. The van der Waals surface area contributed by atoms with Crippen LogP contribution in [0.3, 0.4) is 0 Å². The summed E-state index contributed by atoms with van der Waals surface area (Å²) in [5.41, 5.74) is 4.15. The molecule has 7 rings (SSSR count). The van der Waals surface area contributed by atoms with Crippen LogP contribution < -0.4 is 10.7 Å². The van der Waals surface area contributed by atoms with Gasteiger partial charge in [-0.15, -0.1) is 0 Å². The van der Waals surface area contributed by atoms with Gasteiger partial charge in [-0.2, -0.15) is 0 Å². The number of rotatable bonds is 3. The summed E-state index contributed by atoms with van der Waals surface area (Å²) < 4.78 is 0. The molecule has 3 nitrogen and oxygen atoms in total. The Hall–Kier alpha value is -5.02. The summed E-state index contributed by atoms with van der Waals surface area (Å²) in [6.45, 7) is 0. The van der Waals surface area contributed by atoms with Crippen molar-refractivity contribution >= 4 is 44.5 Å². The van der Waals surface area contributed by atoms with Crippen LogP contribution in [0.4, 0.5) is 0 Å². The van der Waals surface area contributed by atoms with Crippen molar-refractivity contribution < 1.29 is 0 Å². The van der Waals surface area contributed by atoms with Crippen molar-refractivity contribution in [3.8, 4) is 11.3 Å². The fourth-order valence-corrected chi connectivity index (χ4v) is 5.05. The molecule has 4 aromatic carbocycles. The first kappa shape index (κ1) is 21.3. The van der Waals surface area contributed by atoms with Crippen molar-refractivity contribution in [1.29, 1.82) is 0 Å². The summed E-state index contributed by atoms with van der Waals surface area (Å²) in [7, 11) is 0. The van der Waals surface area contributed by atoms with E-state index in [0.29, 0.717) is 0 Å². The highest BCUT2D eigenvalue weighted by Gasteiger charge is 2.05. The maximum Gasteiger partial charge on any atom is 0.0728 e. The highest BCUT2D eigenvalue weighted by Crippen LogP contribution is 2.23. The quantitative estimate of drug-likeness (QED) is 0.315. The molecule has 3 heterocycles. The molecule has 0 spiro atoms. The molecular formula is C34H23N3. The molecule has 0 saturated carbocycles. The summed E-state index contributed by atoms with van der Waals surface area (Å²) in [4.78, 5) is 13.1. The average Bonchev–Trinajstić information content (AvgIpc) is 3.30. The fraction of sp³-hybridized carbons (Fsp3) is 0. The zero-order valence-corrected chi connectivity index (χ0v) is 20.1. The van der Waals surface area contributed by atoms with E-state index in [2.05, 4.69) is 125 Å². The number of benzene rings is 4. The molecule has 0 saturated heterocycles. The van der Waals surface area contributed by atoms with Gasteiger partial charge in [-0.3, -0.25) is 9.97 Å². The normalized spacial score (nSPS) is 12.6. The Morgan fingerprint density at radius 3 is 2.08 bits per heavy atom. The predicted molar refractivity (Wildman–Crippen MR) is 154 cm³/mol. The van der Waals surface area contributed by atoms with E-state index in [1.165, 1.54) is 21.5 Å². The number of fused-ring (bicyclic) bond motifs is 3. The molecule has 0 unspecified atom stereocenters. The van der Waals surface area contributed by atoms with Gasteiger partial charge < -0.3 is 4.98 Å². The summed E-state index contributed by atoms with van der Waals surface area (Å²) in [5, 5.41) is 9.16. The lowest BCUT2D eigenvalue weighted by Gasteiger charge is -2.04. The number of H-pyrrole nitrogens is 1. The van der Waals surface area contributed by atoms with Crippen LogP contribution in [0.1, 0.15) is 11.3 Å². The number of nitrogens with one attached hydrogen (secondary N) is 1. The van der Waals surface area contributed by atoms with Crippen LogP contribution in [-0.2, 0) is 0 Å². The minimum absolute atomic E-state index is 0.959. The molecule has 37 heavy (non-hydrogen) atoms. The third-order valence-electron chi connectivity index (χ3n) is 6.89. The summed E-state index contributed by atoms with van der Waals surface area (Å²) >= 11 is 0. The zero-order chi connectivity index (χ0) is 24.6.